The number of non-ortho nitro benzene ring substituents is 1. The van der Waals surface area contributed by atoms with Gasteiger partial charge in [0, 0.05) is 57.0 Å². The standard InChI is InChI=1S/C24H27N5O4S/c30-22(27-15-13-26(14-16-27)18-7-6-8-19(17-18)29(32)33)11-2-1-5-12-28-23(31)20-9-3-4-10-21(20)25-24(28)34/h3-4,6-10,17H,1-2,5,11-16H2,(H,25,34). The number of aromatic amines is 1. The molecule has 1 aromatic heterocycles. The lowest BCUT2D eigenvalue weighted by Gasteiger charge is -2.36. The first-order valence-corrected chi connectivity index (χ1v) is 11.8. The summed E-state index contributed by atoms with van der Waals surface area (Å²) in [4.78, 5) is 42.9. The van der Waals surface area contributed by atoms with Crippen molar-refractivity contribution in [3.63, 3.8) is 0 Å². The van der Waals surface area contributed by atoms with E-state index in [4.69, 9.17) is 12.2 Å². The quantitative estimate of drug-likeness (QED) is 0.227. The minimum absolute atomic E-state index is 0.0722. The summed E-state index contributed by atoms with van der Waals surface area (Å²) in [5, 5.41) is 11.6. The topological polar surface area (TPSA) is 104 Å². The van der Waals surface area contributed by atoms with Crippen molar-refractivity contribution in [1.29, 1.82) is 0 Å². The van der Waals surface area contributed by atoms with Gasteiger partial charge in [0.1, 0.15) is 0 Å². The number of amides is 1. The lowest BCUT2D eigenvalue weighted by molar-refractivity contribution is -0.384. The number of nitro groups is 1. The smallest absolute Gasteiger partial charge is 0.271 e. The molecule has 1 N–H and O–H groups in total. The Morgan fingerprint density at radius 3 is 2.56 bits per heavy atom. The highest BCUT2D eigenvalue weighted by Crippen LogP contribution is 2.22. The average Bonchev–Trinajstić information content (AvgIpc) is 2.85. The van der Waals surface area contributed by atoms with Crippen LogP contribution in [0, 0.1) is 14.9 Å². The molecular weight excluding hydrogens is 454 g/mol. The van der Waals surface area contributed by atoms with E-state index in [1.807, 2.05) is 29.2 Å². The Kier molecular flexibility index (Phi) is 7.36. The van der Waals surface area contributed by atoms with Gasteiger partial charge < -0.3 is 14.8 Å². The van der Waals surface area contributed by atoms with Crippen molar-refractivity contribution in [2.45, 2.75) is 32.2 Å². The predicted octanol–water partition coefficient (Wildman–Crippen LogP) is 3.88. The zero-order chi connectivity index (χ0) is 24.1. The third-order valence-electron chi connectivity index (χ3n) is 6.20. The minimum atomic E-state index is -0.395. The summed E-state index contributed by atoms with van der Waals surface area (Å²) >= 11 is 5.35. The fourth-order valence-corrected chi connectivity index (χ4v) is 4.58. The van der Waals surface area contributed by atoms with E-state index in [9.17, 15) is 19.7 Å². The van der Waals surface area contributed by atoms with E-state index in [0.717, 1.165) is 30.5 Å². The van der Waals surface area contributed by atoms with Crippen molar-refractivity contribution >= 4 is 40.4 Å². The Balaban J connectivity index is 1.22. The number of benzene rings is 2. The number of nitrogens with one attached hydrogen (secondary N) is 1. The molecule has 1 amide bonds. The summed E-state index contributed by atoms with van der Waals surface area (Å²) in [5.41, 5.74) is 1.54. The van der Waals surface area contributed by atoms with E-state index >= 15 is 0 Å². The normalized spacial score (nSPS) is 13.9. The molecule has 0 radical (unpaired) electrons. The van der Waals surface area contributed by atoms with E-state index in [2.05, 4.69) is 9.88 Å². The molecule has 0 aliphatic carbocycles. The van der Waals surface area contributed by atoms with Crippen LogP contribution in [0.4, 0.5) is 11.4 Å². The fraction of sp³-hybridized carbons (Fsp3) is 0.375. The summed E-state index contributed by atoms with van der Waals surface area (Å²) in [6.45, 7) is 3.02. The third-order valence-corrected chi connectivity index (χ3v) is 6.52. The number of unbranched alkanes of at least 4 members (excludes halogenated alkanes) is 2. The zero-order valence-corrected chi connectivity index (χ0v) is 19.6. The molecule has 1 saturated heterocycles. The number of para-hydroxylation sites is 1. The van der Waals surface area contributed by atoms with Crippen molar-refractivity contribution in [3.05, 3.63) is 73.8 Å². The first-order valence-electron chi connectivity index (χ1n) is 11.4. The van der Waals surface area contributed by atoms with Gasteiger partial charge in [-0.3, -0.25) is 24.3 Å². The molecule has 0 unspecified atom stereocenters. The van der Waals surface area contributed by atoms with Crippen LogP contribution in [0.3, 0.4) is 0 Å². The summed E-state index contributed by atoms with van der Waals surface area (Å²) in [5.74, 6) is 0.124. The summed E-state index contributed by atoms with van der Waals surface area (Å²) in [6, 6.07) is 13.9. The highest BCUT2D eigenvalue weighted by molar-refractivity contribution is 7.71. The van der Waals surface area contributed by atoms with Crippen LogP contribution < -0.4 is 10.5 Å². The number of fused-ring (bicyclic) bond motifs is 1. The predicted molar refractivity (Wildman–Crippen MR) is 134 cm³/mol. The Morgan fingerprint density at radius 1 is 1.03 bits per heavy atom. The van der Waals surface area contributed by atoms with Gasteiger partial charge in [-0.2, -0.15) is 0 Å². The molecular formula is C24H27N5O4S. The number of hydrogen-bond donors (Lipinski definition) is 1. The Hall–Kier alpha value is -3.53. The molecule has 3 aromatic rings. The maximum atomic E-state index is 12.7. The second kappa shape index (κ2) is 10.6. The number of H-pyrrole nitrogens is 1. The van der Waals surface area contributed by atoms with E-state index in [1.165, 1.54) is 6.07 Å². The summed E-state index contributed by atoms with van der Waals surface area (Å²) < 4.78 is 2.01. The number of nitro benzene ring substituents is 1. The fourth-order valence-electron chi connectivity index (χ4n) is 4.30. The van der Waals surface area contributed by atoms with Crippen LogP contribution in [-0.4, -0.2) is 51.5 Å². The lowest BCUT2D eigenvalue weighted by Crippen LogP contribution is -2.48. The first kappa shape index (κ1) is 23.6. The lowest BCUT2D eigenvalue weighted by atomic mass is 10.1. The van der Waals surface area contributed by atoms with Gasteiger partial charge in [-0.25, -0.2) is 0 Å². The number of nitrogens with zero attached hydrogens (tertiary/aromatic N) is 4. The van der Waals surface area contributed by atoms with Crippen molar-refractivity contribution in [3.8, 4) is 0 Å². The summed E-state index contributed by atoms with van der Waals surface area (Å²) in [6.07, 6.45) is 2.82. The van der Waals surface area contributed by atoms with E-state index < -0.39 is 4.92 Å². The number of anilines is 1. The highest BCUT2D eigenvalue weighted by atomic mass is 32.1. The molecule has 1 aliphatic heterocycles. The maximum Gasteiger partial charge on any atom is 0.271 e. The molecule has 1 aliphatic rings. The zero-order valence-electron chi connectivity index (χ0n) is 18.8. The Morgan fingerprint density at radius 2 is 1.79 bits per heavy atom. The molecule has 10 heteroatoms. The largest absolute Gasteiger partial charge is 0.368 e. The number of carbonyl (C=O) groups is 1. The molecule has 0 spiro atoms. The second-order valence-corrected chi connectivity index (χ2v) is 8.77. The number of aromatic nitrogens is 2. The van der Waals surface area contributed by atoms with Gasteiger partial charge in [0.2, 0.25) is 5.91 Å². The van der Waals surface area contributed by atoms with Crippen LogP contribution in [0.1, 0.15) is 25.7 Å². The molecule has 2 heterocycles. The number of hydrogen-bond acceptors (Lipinski definition) is 6. The van der Waals surface area contributed by atoms with Crippen molar-refractivity contribution < 1.29 is 9.72 Å². The maximum absolute atomic E-state index is 12.7. The Bertz CT molecular complexity index is 1310. The van der Waals surface area contributed by atoms with Crippen LogP contribution in [0.2, 0.25) is 0 Å². The first-order chi connectivity index (χ1) is 16.4. The third kappa shape index (κ3) is 5.33. The Labute approximate surface area is 201 Å². The van der Waals surface area contributed by atoms with Gasteiger partial charge in [-0.05, 0) is 43.3 Å². The molecule has 0 bridgehead atoms. The number of carbonyl (C=O) groups excluding carboxylic acids is 1. The van der Waals surface area contributed by atoms with Gasteiger partial charge >= 0.3 is 0 Å². The van der Waals surface area contributed by atoms with Gasteiger partial charge in [0.25, 0.3) is 11.2 Å². The molecule has 0 saturated carbocycles. The van der Waals surface area contributed by atoms with Crippen molar-refractivity contribution in [2.75, 3.05) is 31.1 Å². The van der Waals surface area contributed by atoms with Crippen LogP contribution in [0.5, 0.6) is 0 Å². The van der Waals surface area contributed by atoms with Gasteiger partial charge in [-0.15, -0.1) is 0 Å². The van der Waals surface area contributed by atoms with Gasteiger partial charge in [0.15, 0.2) is 4.77 Å². The van der Waals surface area contributed by atoms with Crippen molar-refractivity contribution in [2.24, 2.45) is 0 Å². The minimum Gasteiger partial charge on any atom is -0.368 e. The van der Waals surface area contributed by atoms with Gasteiger partial charge in [-0.1, -0.05) is 24.6 Å². The average molecular weight is 482 g/mol. The van der Waals surface area contributed by atoms with Gasteiger partial charge in [0.05, 0.1) is 15.8 Å². The van der Waals surface area contributed by atoms with Crippen LogP contribution >= 0.6 is 12.2 Å². The SMILES string of the molecule is O=C(CCCCCn1c(=S)[nH]c2ccccc2c1=O)N1CCN(c2cccc([N+](=O)[O-])c2)CC1. The molecule has 2 aromatic carbocycles. The molecule has 178 valence electrons. The van der Waals surface area contributed by atoms with Crippen LogP contribution in [0.15, 0.2) is 53.3 Å². The number of piperazine rings is 1. The highest BCUT2D eigenvalue weighted by Gasteiger charge is 2.21. The molecule has 1 fully saturated rings. The number of rotatable bonds is 8. The van der Waals surface area contributed by atoms with Crippen LogP contribution in [-0.2, 0) is 11.3 Å². The summed E-state index contributed by atoms with van der Waals surface area (Å²) in [7, 11) is 0. The van der Waals surface area contributed by atoms with E-state index in [0.29, 0.717) is 49.3 Å². The van der Waals surface area contributed by atoms with E-state index in [1.54, 1.807) is 22.8 Å². The van der Waals surface area contributed by atoms with Crippen molar-refractivity contribution in [1.82, 2.24) is 14.5 Å². The molecule has 9 nitrogen and oxygen atoms in total. The molecule has 34 heavy (non-hydrogen) atoms. The van der Waals surface area contributed by atoms with Crippen LogP contribution in [0.25, 0.3) is 10.9 Å². The van der Waals surface area contributed by atoms with E-state index in [-0.39, 0.29) is 17.2 Å². The monoisotopic (exact) mass is 481 g/mol. The molecule has 4 rings (SSSR count). The molecule has 0 atom stereocenters. The second-order valence-electron chi connectivity index (χ2n) is 8.39.